The van der Waals surface area contributed by atoms with Gasteiger partial charge in [0, 0.05) is 56.2 Å². The van der Waals surface area contributed by atoms with Crippen molar-refractivity contribution in [1.82, 2.24) is 14.5 Å². The van der Waals surface area contributed by atoms with Crippen LogP contribution in [0.5, 0.6) is 0 Å². The fourth-order valence-electron chi connectivity index (χ4n) is 3.74. The third-order valence-electron chi connectivity index (χ3n) is 5.41. The molecular weight excluding hydrogens is 383 g/mol. The molecule has 0 amide bonds. The van der Waals surface area contributed by atoms with Crippen LogP contribution in [0.1, 0.15) is 12.5 Å². The number of benzene rings is 1. The minimum atomic E-state index is -0.511. The molecule has 30 heavy (non-hydrogen) atoms. The molecule has 2 aromatic heterocycles. The normalized spacial score (nSPS) is 16.4. The van der Waals surface area contributed by atoms with Crippen molar-refractivity contribution < 1.29 is 4.39 Å². The van der Waals surface area contributed by atoms with Crippen LogP contribution in [0.3, 0.4) is 0 Å². The van der Waals surface area contributed by atoms with E-state index in [0.717, 1.165) is 25.0 Å². The maximum Gasteiger partial charge on any atom is 0.255 e. The van der Waals surface area contributed by atoms with Crippen LogP contribution in [-0.4, -0.2) is 40.2 Å². The van der Waals surface area contributed by atoms with Gasteiger partial charge >= 0.3 is 0 Å². The van der Waals surface area contributed by atoms with Crippen LogP contribution in [0.15, 0.2) is 53.6 Å². The first-order valence-corrected chi connectivity index (χ1v) is 9.67. The smallest absolute Gasteiger partial charge is 0.255 e. The molecule has 8 heteroatoms. The van der Waals surface area contributed by atoms with Crippen molar-refractivity contribution >= 4 is 11.6 Å². The highest BCUT2D eigenvalue weighted by Gasteiger charge is 2.27. The Hall–Kier alpha value is -3.73. The molecule has 1 aliphatic rings. The van der Waals surface area contributed by atoms with Gasteiger partial charge < -0.3 is 9.80 Å². The van der Waals surface area contributed by atoms with Crippen molar-refractivity contribution in [3.8, 4) is 17.3 Å². The van der Waals surface area contributed by atoms with Crippen LogP contribution < -0.4 is 15.4 Å². The topological polar surface area (TPSA) is 78.1 Å². The van der Waals surface area contributed by atoms with Crippen molar-refractivity contribution in [3.05, 3.63) is 70.5 Å². The number of piperazine rings is 1. The van der Waals surface area contributed by atoms with E-state index >= 15 is 0 Å². The minimum Gasteiger partial charge on any atom is -0.368 e. The third-order valence-corrected chi connectivity index (χ3v) is 5.41. The molecule has 0 spiro atoms. The molecule has 1 aromatic carbocycles. The number of hydrogen-bond acceptors (Lipinski definition) is 6. The number of hydrogen-bond donors (Lipinski definition) is 0. The number of anilines is 2. The van der Waals surface area contributed by atoms with E-state index in [0.29, 0.717) is 23.8 Å². The zero-order chi connectivity index (χ0) is 21.3. The largest absolute Gasteiger partial charge is 0.368 e. The number of halogens is 1. The second kappa shape index (κ2) is 7.95. The van der Waals surface area contributed by atoms with E-state index in [1.807, 2.05) is 24.3 Å². The molecule has 3 aromatic rings. The zero-order valence-electron chi connectivity index (χ0n) is 16.8. The first-order chi connectivity index (χ1) is 14.5. The van der Waals surface area contributed by atoms with E-state index in [-0.39, 0.29) is 17.2 Å². The third kappa shape index (κ3) is 3.62. The SMILES string of the molecule is CC1CN(c2ccc(C#N)cc2)CCN1c1nc(-c2ccncc2F)cc(=O)n1C. The summed E-state index contributed by atoms with van der Waals surface area (Å²) in [4.78, 5) is 25.3. The predicted octanol–water partition coefficient (Wildman–Crippen LogP) is 2.57. The van der Waals surface area contributed by atoms with Gasteiger partial charge in [0.2, 0.25) is 5.95 Å². The molecule has 0 aliphatic carbocycles. The van der Waals surface area contributed by atoms with Gasteiger partial charge in [-0.25, -0.2) is 9.37 Å². The quantitative estimate of drug-likeness (QED) is 0.668. The predicted molar refractivity (Wildman–Crippen MR) is 113 cm³/mol. The van der Waals surface area contributed by atoms with Crippen LogP contribution in [0.25, 0.3) is 11.3 Å². The number of nitrogens with zero attached hydrogens (tertiary/aromatic N) is 6. The van der Waals surface area contributed by atoms with Gasteiger partial charge in [-0.1, -0.05) is 0 Å². The van der Waals surface area contributed by atoms with Crippen molar-refractivity contribution in [2.75, 3.05) is 29.4 Å². The monoisotopic (exact) mass is 404 g/mol. The lowest BCUT2D eigenvalue weighted by Crippen LogP contribution is -2.53. The summed E-state index contributed by atoms with van der Waals surface area (Å²) in [5.41, 5.74) is 2.00. The molecule has 0 radical (unpaired) electrons. The van der Waals surface area contributed by atoms with Crippen molar-refractivity contribution in [1.29, 1.82) is 5.26 Å². The molecule has 7 nitrogen and oxygen atoms in total. The fourth-order valence-corrected chi connectivity index (χ4v) is 3.74. The van der Waals surface area contributed by atoms with Gasteiger partial charge in [0.05, 0.1) is 23.5 Å². The highest BCUT2D eigenvalue weighted by atomic mass is 19.1. The summed E-state index contributed by atoms with van der Waals surface area (Å²) < 4.78 is 15.7. The molecule has 1 saturated heterocycles. The number of aromatic nitrogens is 3. The van der Waals surface area contributed by atoms with Gasteiger partial charge in [-0.2, -0.15) is 5.26 Å². The van der Waals surface area contributed by atoms with Crippen LogP contribution in [-0.2, 0) is 7.05 Å². The zero-order valence-corrected chi connectivity index (χ0v) is 16.8. The Balaban J connectivity index is 1.62. The minimum absolute atomic E-state index is 0.0741. The lowest BCUT2D eigenvalue weighted by atomic mass is 10.1. The maximum absolute atomic E-state index is 14.2. The molecule has 0 saturated carbocycles. The molecule has 1 aliphatic heterocycles. The highest BCUT2D eigenvalue weighted by molar-refractivity contribution is 5.61. The van der Waals surface area contributed by atoms with E-state index < -0.39 is 5.82 Å². The Labute approximate surface area is 173 Å². The number of rotatable bonds is 3. The van der Waals surface area contributed by atoms with Crippen molar-refractivity contribution in [2.45, 2.75) is 13.0 Å². The van der Waals surface area contributed by atoms with E-state index in [9.17, 15) is 9.18 Å². The second-order valence-electron chi connectivity index (χ2n) is 7.34. The van der Waals surface area contributed by atoms with E-state index in [4.69, 9.17) is 5.26 Å². The lowest BCUT2D eigenvalue weighted by Gasteiger charge is -2.42. The molecule has 1 unspecified atom stereocenters. The molecule has 152 valence electrons. The summed E-state index contributed by atoms with van der Waals surface area (Å²) in [6, 6.07) is 12.6. The summed E-state index contributed by atoms with van der Waals surface area (Å²) >= 11 is 0. The standard InChI is InChI=1S/C22H21FN6O/c1-15-14-28(17-5-3-16(12-24)4-6-17)9-10-29(15)22-26-20(11-21(30)27(22)2)18-7-8-25-13-19(18)23/h3-8,11,13,15H,9-10,14H2,1-2H3. The first-order valence-electron chi connectivity index (χ1n) is 9.67. The lowest BCUT2D eigenvalue weighted by molar-refractivity contribution is 0.529. The molecule has 1 atom stereocenters. The van der Waals surface area contributed by atoms with Crippen molar-refractivity contribution in [3.63, 3.8) is 0 Å². The summed E-state index contributed by atoms with van der Waals surface area (Å²) in [7, 11) is 1.68. The Morgan fingerprint density at radius 1 is 1.20 bits per heavy atom. The Morgan fingerprint density at radius 2 is 1.97 bits per heavy atom. The van der Waals surface area contributed by atoms with Crippen LogP contribution in [0.2, 0.25) is 0 Å². The maximum atomic E-state index is 14.2. The Morgan fingerprint density at radius 3 is 2.63 bits per heavy atom. The van der Waals surface area contributed by atoms with Gasteiger partial charge in [0.25, 0.3) is 5.56 Å². The van der Waals surface area contributed by atoms with Gasteiger partial charge in [-0.05, 0) is 37.3 Å². The average Bonchev–Trinajstić information content (AvgIpc) is 2.76. The molecule has 0 bridgehead atoms. The molecule has 4 rings (SSSR count). The molecule has 0 N–H and O–H groups in total. The van der Waals surface area contributed by atoms with Gasteiger partial charge in [-0.15, -0.1) is 0 Å². The summed E-state index contributed by atoms with van der Waals surface area (Å²) in [5.74, 6) is 0.00331. The fraction of sp³-hybridized carbons (Fsp3) is 0.273. The summed E-state index contributed by atoms with van der Waals surface area (Å²) in [5, 5.41) is 8.98. The van der Waals surface area contributed by atoms with Gasteiger partial charge in [0.15, 0.2) is 5.82 Å². The van der Waals surface area contributed by atoms with Crippen molar-refractivity contribution in [2.24, 2.45) is 7.05 Å². The molecule has 3 heterocycles. The van der Waals surface area contributed by atoms with Gasteiger partial charge in [0.1, 0.15) is 0 Å². The Kier molecular flexibility index (Phi) is 5.19. The summed E-state index contributed by atoms with van der Waals surface area (Å²) in [6.07, 6.45) is 2.60. The second-order valence-corrected chi connectivity index (χ2v) is 7.34. The van der Waals surface area contributed by atoms with Crippen LogP contribution in [0.4, 0.5) is 16.0 Å². The molecule has 1 fully saturated rings. The number of nitriles is 1. The Bertz CT molecular complexity index is 1170. The summed E-state index contributed by atoms with van der Waals surface area (Å²) in [6.45, 7) is 4.20. The van der Waals surface area contributed by atoms with E-state index in [1.165, 1.54) is 22.9 Å². The highest BCUT2D eigenvalue weighted by Crippen LogP contribution is 2.25. The average molecular weight is 404 g/mol. The molecular formula is C22H21FN6O. The number of pyridine rings is 1. The van der Waals surface area contributed by atoms with E-state index in [1.54, 1.807) is 7.05 Å². The van der Waals surface area contributed by atoms with E-state index in [2.05, 4.69) is 32.8 Å². The van der Waals surface area contributed by atoms with Gasteiger partial charge in [-0.3, -0.25) is 14.3 Å². The van der Waals surface area contributed by atoms with Crippen LogP contribution in [0, 0.1) is 17.1 Å². The first kappa shape index (κ1) is 19.6. The van der Waals surface area contributed by atoms with Crippen LogP contribution >= 0.6 is 0 Å².